The van der Waals surface area contributed by atoms with Crippen LogP contribution in [0.2, 0.25) is 0 Å². The minimum absolute atomic E-state index is 0.243. The molecule has 2 atom stereocenters. The fraction of sp³-hybridized carbons (Fsp3) is 0.500. The Bertz CT molecular complexity index is 1160. The highest BCUT2D eigenvalue weighted by atomic mass is 19.1. The van der Waals surface area contributed by atoms with Gasteiger partial charge in [-0.25, -0.2) is 13.8 Å². The summed E-state index contributed by atoms with van der Waals surface area (Å²) in [5.41, 5.74) is 7.49. The van der Waals surface area contributed by atoms with E-state index in [1.165, 1.54) is 6.07 Å². The standard InChI is InChI=1S/C26H32F2N6O2/c1-16(2)25-31-26(36-32-25)33-9-7-17(8-10-33)15-35-24-6-4-19(12-30-24)34-13-21(23(29)14-34)20-11-18(27)3-5-22(20)28/h3-6,11-12,16-17,21,23H,7-10,13-15,29H2,1-2H3/t21-,23?/m1/s1. The Morgan fingerprint density at radius 3 is 2.61 bits per heavy atom. The lowest BCUT2D eigenvalue weighted by Crippen LogP contribution is -2.35. The van der Waals surface area contributed by atoms with E-state index in [1.807, 2.05) is 26.0 Å². The van der Waals surface area contributed by atoms with Gasteiger partial charge < -0.3 is 24.8 Å². The van der Waals surface area contributed by atoms with Gasteiger partial charge in [-0.15, -0.1) is 0 Å². The maximum Gasteiger partial charge on any atom is 0.324 e. The van der Waals surface area contributed by atoms with Gasteiger partial charge >= 0.3 is 6.01 Å². The summed E-state index contributed by atoms with van der Waals surface area (Å²) in [6.07, 6.45) is 3.69. The molecule has 0 bridgehead atoms. The molecular formula is C26H32F2N6O2. The van der Waals surface area contributed by atoms with Gasteiger partial charge in [0, 0.05) is 50.1 Å². The monoisotopic (exact) mass is 498 g/mol. The van der Waals surface area contributed by atoms with Crippen LogP contribution < -0.4 is 20.3 Å². The maximum atomic E-state index is 14.3. The lowest BCUT2D eigenvalue weighted by molar-refractivity contribution is 0.213. The minimum atomic E-state index is -0.458. The van der Waals surface area contributed by atoms with Crippen LogP contribution in [0, 0.1) is 17.6 Å². The van der Waals surface area contributed by atoms with E-state index in [1.54, 1.807) is 6.20 Å². The molecule has 1 aromatic carbocycles. The number of benzene rings is 1. The molecule has 2 fully saturated rings. The van der Waals surface area contributed by atoms with Crippen LogP contribution in [0.25, 0.3) is 0 Å². The van der Waals surface area contributed by atoms with Crippen LogP contribution in [0.15, 0.2) is 41.1 Å². The summed E-state index contributed by atoms with van der Waals surface area (Å²) >= 11 is 0. The Labute approximate surface area is 209 Å². The highest BCUT2D eigenvalue weighted by molar-refractivity contribution is 5.48. The van der Waals surface area contributed by atoms with Gasteiger partial charge in [0.05, 0.1) is 18.5 Å². The van der Waals surface area contributed by atoms with Crippen LogP contribution in [0.5, 0.6) is 5.88 Å². The van der Waals surface area contributed by atoms with Crippen molar-refractivity contribution in [3.8, 4) is 5.88 Å². The average molecular weight is 499 g/mol. The molecule has 192 valence electrons. The fourth-order valence-corrected chi connectivity index (χ4v) is 4.90. The zero-order valence-electron chi connectivity index (χ0n) is 20.6. The first kappa shape index (κ1) is 24.4. The summed E-state index contributed by atoms with van der Waals surface area (Å²) in [5, 5.41) is 4.05. The van der Waals surface area contributed by atoms with Gasteiger partial charge in [-0.1, -0.05) is 19.0 Å². The van der Waals surface area contributed by atoms with Gasteiger partial charge in [0.15, 0.2) is 5.82 Å². The van der Waals surface area contributed by atoms with E-state index >= 15 is 0 Å². The largest absolute Gasteiger partial charge is 0.477 e. The Morgan fingerprint density at radius 2 is 1.92 bits per heavy atom. The number of pyridine rings is 1. The number of halogens is 2. The molecule has 0 saturated carbocycles. The molecule has 0 radical (unpaired) electrons. The van der Waals surface area contributed by atoms with Crippen LogP contribution in [-0.2, 0) is 0 Å². The van der Waals surface area contributed by atoms with Gasteiger partial charge in [-0.2, -0.15) is 4.98 Å². The van der Waals surface area contributed by atoms with Crippen molar-refractivity contribution in [2.75, 3.05) is 42.6 Å². The van der Waals surface area contributed by atoms with Crippen LogP contribution in [-0.4, -0.2) is 54.0 Å². The second kappa shape index (κ2) is 10.4. The summed E-state index contributed by atoms with van der Waals surface area (Å²) in [7, 11) is 0. The summed E-state index contributed by atoms with van der Waals surface area (Å²) in [6.45, 7) is 7.43. The number of ether oxygens (including phenoxy) is 1. The normalized spacial score (nSPS) is 20.9. The van der Waals surface area contributed by atoms with Crippen LogP contribution in [0.1, 0.15) is 49.9 Å². The van der Waals surface area contributed by atoms with Crippen LogP contribution in [0.3, 0.4) is 0 Å². The first-order valence-electron chi connectivity index (χ1n) is 12.5. The van der Waals surface area contributed by atoms with Gasteiger partial charge in [0.25, 0.3) is 0 Å². The van der Waals surface area contributed by atoms with E-state index in [9.17, 15) is 8.78 Å². The molecule has 2 aromatic heterocycles. The van der Waals surface area contributed by atoms with E-state index in [4.69, 9.17) is 15.0 Å². The Balaban J connectivity index is 1.11. The molecule has 2 aliphatic rings. The number of nitrogens with zero attached hydrogens (tertiary/aromatic N) is 5. The van der Waals surface area contributed by atoms with Crippen molar-refractivity contribution in [1.82, 2.24) is 15.1 Å². The smallest absolute Gasteiger partial charge is 0.324 e. The van der Waals surface area contributed by atoms with E-state index in [0.29, 0.717) is 43.1 Å². The molecule has 5 rings (SSSR count). The molecule has 2 N–H and O–H groups in total. The third-order valence-electron chi connectivity index (χ3n) is 7.11. The lowest BCUT2D eigenvalue weighted by atomic mass is 9.94. The summed E-state index contributed by atoms with van der Waals surface area (Å²) in [6, 6.07) is 7.60. The van der Waals surface area contributed by atoms with Gasteiger partial charge in [-0.05, 0) is 48.6 Å². The number of hydrogen-bond acceptors (Lipinski definition) is 8. The van der Waals surface area contributed by atoms with Gasteiger partial charge in [0.1, 0.15) is 11.6 Å². The number of piperidine rings is 1. The van der Waals surface area contributed by atoms with E-state index in [2.05, 4.69) is 24.9 Å². The molecule has 0 amide bonds. The molecule has 8 nitrogen and oxygen atoms in total. The van der Waals surface area contributed by atoms with Crippen molar-refractivity contribution < 1.29 is 18.0 Å². The van der Waals surface area contributed by atoms with Gasteiger partial charge in [-0.3, -0.25) is 0 Å². The van der Waals surface area contributed by atoms with Crippen molar-refractivity contribution in [1.29, 1.82) is 0 Å². The molecule has 0 aliphatic carbocycles. The molecule has 2 saturated heterocycles. The van der Waals surface area contributed by atoms with E-state index in [-0.39, 0.29) is 17.9 Å². The van der Waals surface area contributed by atoms with E-state index < -0.39 is 11.6 Å². The zero-order chi connectivity index (χ0) is 25.2. The lowest BCUT2D eigenvalue weighted by Gasteiger charge is -2.30. The van der Waals surface area contributed by atoms with Crippen LogP contribution >= 0.6 is 0 Å². The van der Waals surface area contributed by atoms with E-state index in [0.717, 1.165) is 49.6 Å². The molecule has 2 aliphatic heterocycles. The van der Waals surface area contributed by atoms with Crippen LogP contribution in [0.4, 0.5) is 20.5 Å². The zero-order valence-corrected chi connectivity index (χ0v) is 20.6. The molecule has 0 spiro atoms. The third-order valence-corrected chi connectivity index (χ3v) is 7.11. The van der Waals surface area contributed by atoms with Crippen molar-refractivity contribution in [3.63, 3.8) is 0 Å². The summed E-state index contributed by atoms with van der Waals surface area (Å²) in [4.78, 5) is 13.1. The van der Waals surface area contributed by atoms with Crippen molar-refractivity contribution in [2.24, 2.45) is 11.7 Å². The Kier molecular flexibility index (Phi) is 7.04. The molecular weight excluding hydrogens is 466 g/mol. The summed E-state index contributed by atoms with van der Waals surface area (Å²) < 4.78 is 39.3. The van der Waals surface area contributed by atoms with Crippen molar-refractivity contribution in [3.05, 3.63) is 59.6 Å². The first-order valence-corrected chi connectivity index (χ1v) is 12.5. The SMILES string of the molecule is CC(C)c1noc(N2CCC(COc3ccc(N4CC(N)[C@@H](c5cc(F)ccc5F)C4)cn3)CC2)n1. The first-order chi connectivity index (χ1) is 17.4. The molecule has 4 heterocycles. The number of hydrogen-bond donors (Lipinski definition) is 1. The van der Waals surface area contributed by atoms with Crippen molar-refractivity contribution in [2.45, 2.75) is 44.6 Å². The number of anilines is 2. The molecule has 36 heavy (non-hydrogen) atoms. The van der Waals surface area contributed by atoms with Gasteiger partial charge in [0.2, 0.25) is 5.88 Å². The minimum Gasteiger partial charge on any atom is -0.477 e. The predicted octanol–water partition coefficient (Wildman–Crippen LogP) is 4.09. The number of aromatic nitrogens is 3. The fourth-order valence-electron chi connectivity index (χ4n) is 4.90. The van der Waals surface area contributed by atoms with Crippen molar-refractivity contribution >= 4 is 11.7 Å². The topological polar surface area (TPSA) is 93.5 Å². The molecule has 10 heteroatoms. The molecule has 1 unspecified atom stereocenters. The quantitative estimate of drug-likeness (QED) is 0.521. The Hall–Kier alpha value is -3.27. The second-order valence-corrected chi connectivity index (χ2v) is 10.0. The second-order valence-electron chi connectivity index (χ2n) is 10.0. The number of nitrogens with two attached hydrogens (primary N) is 1. The average Bonchev–Trinajstić information content (AvgIpc) is 3.52. The Morgan fingerprint density at radius 1 is 1.11 bits per heavy atom. The molecule has 3 aromatic rings. The summed E-state index contributed by atoms with van der Waals surface area (Å²) in [5.74, 6) is 0.797. The number of rotatable bonds is 7. The highest BCUT2D eigenvalue weighted by Gasteiger charge is 2.33. The maximum absolute atomic E-state index is 14.3. The highest BCUT2D eigenvalue weighted by Crippen LogP contribution is 2.32. The third kappa shape index (κ3) is 5.28. The predicted molar refractivity (Wildman–Crippen MR) is 132 cm³/mol.